The maximum Gasteiger partial charge on any atom is 0.330 e. The van der Waals surface area contributed by atoms with Gasteiger partial charge in [-0.15, -0.1) is 0 Å². The minimum atomic E-state index is -0.674. The third-order valence-electron chi connectivity index (χ3n) is 4.68. The van der Waals surface area contributed by atoms with E-state index in [1.165, 1.54) is 9.47 Å². The van der Waals surface area contributed by atoms with E-state index in [9.17, 15) is 14.4 Å². The van der Waals surface area contributed by atoms with Crippen molar-refractivity contribution in [1.29, 1.82) is 0 Å². The molecule has 30 heavy (non-hydrogen) atoms. The van der Waals surface area contributed by atoms with E-state index in [1.807, 2.05) is 13.0 Å². The summed E-state index contributed by atoms with van der Waals surface area (Å²) in [6, 6.07) is 5.28. The van der Waals surface area contributed by atoms with Crippen LogP contribution in [0.2, 0.25) is 10.0 Å². The first-order chi connectivity index (χ1) is 14.2. The lowest BCUT2D eigenvalue weighted by Crippen LogP contribution is -2.44. The number of H-pyrrole nitrogens is 1. The molecule has 0 aliphatic carbocycles. The summed E-state index contributed by atoms with van der Waals surface area (Å²) < 4.78 is 1.30. The number of aromatic nitrogens is 2. The minimum Gasteiger partial charge on any atom is -0.383 e. The zero-order chi connectivity index (χ0) is 22.4. The fourth-order valence-electron chi connectivity index (χ4n) is 3.16. The van der Waals surface area contributed by atoms with E-state index in [4.69, 9.17) is 28.9 Å². The Morgan fingerprint density at radius 3 is 2.50 bits per heavy atom. The van der Waals surface area contributed by atoms with Crippen LogP contribution in [0.3, 0.4) is 0 Å². The normalized spacial score (nSPS) is 11.1. The Morgan fingerprint density at radius 2 is 1.90 bits per heavy atom. The van der Waals surface area contributed by atoms with Crippen molar-refractivity contribution in [2.45, 2.75) is 39.8 Å². The number of benzene rings is 1. The summed E-state index contributed by atoms with van der Waals surface area (Å²) in [5, 5.41) is 0.905. The molecule has 0 aliphatic heterocycles. The van der Waals surface area contributed by atoms with Gasteiger partial charge in [-0.1, -0.05) is 42.6 Å². The van der Waals surface area contributed by atoms with E-state index in [0.717, 1.165) is 18.4 Å². The Balaban J connectivity index is 2.24. The molecule has 0 fully saturated rings. The number of halogens is 2. The van der Waals surface area contributed by atoms with Crippen molar-refractivity contribution < 1.29 is 4.79 Å². The molecule has 0 unspecified atom stereocenters. The van der Waals surface area contributed by atoms with Crippen LogP contribution in [0.5, 0.6) is 0 Å². The molecule has 164 valence electrons. The van der Waals surface area contributed by atoms with Crippen molar-refractivity contribution in [3.63, 3.8) is 0 Å². The van der Waals surface area contributed by atoms with Gasteiger partial charge < -0.3 is 10.6 Å². The van der Waals surface area contributed by atoms with E-state index in [0.29, 0.717) is 23.1 Å². The van der Waals surface area contributed by atoms with Gasteiger partial charge in [-0.25, -0.2) is 4.79 Å². The standard InChI is InChI=1S/C20H27Cl2N5O3/c1-4-6-9-27-18(23)17(19(29)24-20(27)30)26(5-2)16(28)12-25(3)11-13-7-8-14(21)15(22)10-13/h7-8,10H,4-6,9,11-12,23H2,1-3H3,(H,24,29,30). The number of nitrogens with two attached hydrogens (primary N) is 1. The van der Waals surface area contributed by atoms with Crippen LogP contribution in [0.15, 0.2) is 27.8 Å². The van der Waals surface area contributed by atoms with Gasteiger partial charge in [0.1, 0.15) is 5.82 Å². The van der Waals surface area contributed by atoms with Crippen LogP contribution < -0.4 is 21.9 Å². The number of nitrogens with zero attached hydrogens (tertiary/aromatic N) is 3. The fourth-order valence-corrected chi connectivity index (χ4v) is 3.48. The number of unbranched alkanes of at least 4 members (excludes halogenated alkanes) is 1. The second kappa shape index (κ2) is 10.7. The summed E-state index contributed by atoms with van der Waals surface area (Å²) in [5.74, 6) is -0.308. The summed E-state index contributed by atoms with van der Waals surface area (Å²) in [5.41, 5.74) is 5.78. The number of hydrogen-bond donors (Lipinski definition) is 2. The number of likely N-dealkylation sites (N-methyl/N-ethyl adjacent to an activating group) is 2. The quantitative estimate of drug-likeness (QED) is 0.604. The molecule has 0 spiro atoms. The van der Waals surface area contributed by atoms with Crippen LogP contribution in [0.25, 0.3) is 0 Å². The first kappa shape index (κ1) is 24.0. The SMILES string of the molecule is CCCCn1c(N)c(N(CC)C(=O)CN(C)Cc2ccc(Cl)c(Cl)c2)c(=O)[nH]c1=O. The Morgan fingerprint density at radius 1 is 1.20 bits per heavy atom. The summed E-state index contributed by atoms with van der Waals surface area (Å²) >= 11 is 12.0. The van der Waals surface area contributed by atoms with E-state index >= 15 is 0 Å². The van der Waals surface area contributed by atoms with Crippen LogP contribution in [-0.4, -0.2) is 40.5 Å². The maximum atomic E-state index is 13.0. The number of nitrogen functional groups attached to an aromatic ring is 1. The molecule has 2 aromatic rings. The van der Waals surface area contributed by atoms with Gasteiger partial charge >= 0.3 is 5.69 Å². The fraction of sp³-hybridized carbons (Fsp3) is 0.450. The molecule has 10 heteroatoms. The number of carbonyl (C=O) groups excluding carboxylic acids is 1. The molecule has 0 saturated carbocycles. The molecule has 1 heterocycles. The molecular formula is C20H27Cl2N5O3. The molecular weight excluding hydrogens is 429 g/mol. The van der Waals surface area contributed by atoms with Crippen LogP contribution in [-0.2, 0) is 17.9 Å². The van der Waals surface area contributed by atoms with Gasteiger partial charge in [-0.05, 0) is 38.1 Å². The van der Waals surface area contributed by atoms with Gasteiger partial charge in [-0.3, -0.25) is 24.0 Å². The first-order valence-corrected chi connectivity index (χ1v) is 10.5. The Kier molecular flexibility index (Phi) is 8.52. The topological polar surface area (TPSA) is 104 Å². The highest BCUT2D eigenvalue weighted by Gasteiger charge is 2.23. The minimum absolute atomic E-state index is 0.000430. The summed E-state index contributed by atoms with van der Waals surface area (Å²) in [4.78, 5) is 42.9. The largest absolute Gasteiger partial charge is 0.383 e. The molecule has 1 aromatic heterocycles. The smallest absolute Gasteiger partial charge is 0.330 e. The van der Waals surface area contributed by atoms with Crippen molar-refractivity contribution in [2.24, 2.45) is 0 Å². The average molecular weight is 456 g/mol. The highest BCUT2D eigenvalue weighted by Crippen LogP contribution is 2.23. The van der Waals surface area contributed by atoms with Gasteiger partial charge in [0.2, 0.25) is 5.91 Å². The molecule has 0 aliphatic rings. The number of amides is 1. The Hall–Kier alpha value is -2.29. The molecule has 8 nitrogen and oxygen atoms in total. The summed E-state index contributed by atoms with van der Waals surface area (Å²) in [7, 11) is 1.78. The first-order valence-electron chi connectivity index (χ1n) is 9.74. The monoisotopic (exact) mass is 455 g/mol. The average Bonchev–Trinajstić information content (AvgIpc) is 2.67. The van der Waals surface area contributed by atoms with Gasteiger partial charge in [-0.2, -0.15) is 0 Å². The second-order valence-electron chi connectivity index (χ2n) is 7.06. The lowest BCUT2D eigenvalue weighted by Gasteiger charge is -2.25. The molecule has 3 N–H and O–H groups in total. The van der Waals surface area contributed by atoms with Crippen molar-refractivity contribution in [3.05, 3.63) is 54.6 Å². The number of aromatic amines is 1. The lowest BCUT2D eigenvalue weighted by molar-refractivity contribution is -0.119. The van der Waals surface area contributed by atoms with Crippen LogP contribution in [0.1, 0.15) is 32.3 Å². The summed E-state index contributed by atoms with van der Waals surface area (Å²) in [6.07, 6.45) is 1.58. The molecule has 0 radical (unpaired) electrons. The highest BCUT2D eigenvalue weighted by atomic mass is 35.5. The van der Waals surface area contributed by atoms with E-state index < -0.39 is 11.2 Å². The van der Waals surface area contributed by atoms with E-state index in [2.05, 4.69) is 4.98 Å². The summed E-state index contributed by atoms with van der Waals surface area (Å²) in [6.45, 7) is 4.84. The van der Waals surface area contributed by atoms with Gasteiger partial charge in [0.25, 0.3) is 5.56 Å². The van der Waals surface area contributed by atoms with E-state index in [1.54, 1.807) is 31.0 Å². The molecule has 2 rings (SSSR count). The number of hydrogen-bond acceptors (Lipinski definition) is 5. The Bertz CT molecular complexity index is 1020. The lowest BCUT2D eigenvalue weighted by atomic mass is 10.2. The predicted molar refractivity (Wildman–Crippen MR) is 121 cm³/mol. The molecule has 0 atom stereocenters. The van der Waals surface area contributed by atoms with Crippen LogP contribution in [0, 0.1) is 0 Å². The van der Waals surface area contributed by atoms with Crippen molar-refractivity contribution in [1.82, 2.24) is 14.5 Å². The highest BCUT2D eigenvalue weighted by molar-refractivity contribution is 6.42. The zero-order valence-electron chi connectivity index (χ0n) is 17.4. The predicted octanol–water partition coefficient (Wildman–Crippen LogP) is 2.71. The number of anilines is 2. The third-order valence-corrected chi connectivity index (χ3v) is 5.42. The number of carbonyl (C=O) groups is 1. The third kappa shape index (κ3) is 5.65. The van der Waals surface area contributed by atoms with Gasteiger partial charge in [0.05, 0.1) is 16.6 Å². The van der Waals surface area contributed by atoms with Crippen LogP contribution in [0.4, 0.5) is 11.5 Å². The van der Waals surface area contributed by atoms with Crippen molar-refractivity contribution in [3.8, 4) is 0 Å². The number of rotatable bonds is 9. The van der Waals surface area contributed by atoms with E-state index in [-0.39, 0.29) is 30.5 Å². The molecule has 1 aromatic carbocycles. The van der Waals surface area contributed by atoms with Crippen molar-refractivity contribution >= 4 is 40.6 Å². The molecule has 0 bridgehead atoms. The zero-order valence-corrected chi connectivity index (χ0v) is 18.9. The van der Waals surface area contributed by atoms with Crippen molar-refractivity contribution in [2.75, 3.05) is 30.8 Å². The molecule has 0 saturated heterocycles. The second-order valence-corrected chi connectivity index (χ2v) is 7.87. The Labute approximate surface area is 185 Å². The van der Waals surface area contributed by atoms with Gasteiger partial charge in [0.15, 0.2) is 5.69 Å². The number of nitrogens with one attached hydrogen (secondary N) is 1. The maximum absolute atomic E-state index is 13.0. The molecule has 1 amide bonds. The van der Waals surface area contributed by atoms with Crippen LogP contribution >= 0.6 is 23.2 Å². The van der Waals surface area contributed by atoms with Gasteiger partial charge in [0, 0.05) is 19.6 Å².